The maximum atomic E-state index is 11.3. The average molecular weight is 1170 g/mol. The summed E-state index contributed by atoms with van der Waals surface area (Å²) in [4.78, 5) is 0. The predicted octanol–water partition coefficient (Wildman–Crippen LogP) is -14.6. The first-order valence-electron chi connectivity index (χ1n) is 25.4. The van der Waals surface area contributed by atoms with Crippen molar-refractivity contribution in [3.8, 4) is 0 Å². The number of rotatable bonds is 20. The zero-order valence-corrected chi connectivity index (χ0v) is 42.3. The second-order valence-corrected chi connectivity index (χ2v) is 20.1. The van der Waals surface area contributed by atoms with Crippen LogP contribution in [0.3, 0.4) is 0 Å². The zero-order chi connectivity index (χ0) is 58.1. The highest BCUT2D eigenvalue weighted by Gasteiger charge is 2.58. The predicted molar refractivity (Wildman–Crippen MR) is 240 cm³/mol. The minimum absolute atomic E-state index is 0.704. The summed E-state index contributed by atoms with van der Waals surface area (Å²) >= 11 is 0. The van der Waals surface area contributed by atoms with E-state index in [1.54, 1.807) is 0 Å². The van der Waals surface area contributed by atoms with Gasteiger partial charge in [-0.25, -0.2) is 0 Å². The Morgan fingerprint density at radius 1 is 0.241 bits per heavy atom. The molecule has 35 heteroatoms. The molecule has 7 heterocycles. The average Bonchev–Trinajstić information content (AvgIpc) is 3.48. The monoisotopic (exact) mass is 1160 g/mol. The van der Waals surface area contributed by atoms with E-state index in [2.05, 4.69) is 0 Å². The van der Waals surface area contributed by atoms with Crippen molar-refractivity contribution in [2.24, 2.45) is 0 Å². The van der Waals surface area contributed by atoms with Gasteiger partial charge in [0.2, 0.25) is 0 Å². The lowest BCUT2D eigenvalue weighted by atomic mass is 9.94. The molecule has 0 aromatic rings. The van der Waals surface area contributed by atoms with E-state index in [4.69, 9.17) is 66.3 Å². The van der Waals surface area contributed by atoms with E-state index >= 15 is 0 Å². The van der Waals surface area contributed by atoms with E-state index < -0.39 is 261 Å². The molecule has 0 amide bonds. The van der Waals surface area contributed by atoms with Crippen molar-refractivity contribution in [3.63, 3.8) is 0 Å². The van der Waals surface area contributed by atoms with E-state index in [1.165, 1.54) is 14.0 Å². The summed E-state index contributed by atoms with van der Waals surface area (Å²) in [6.45, 7) is -5.01. The molecule has 0 radical (unpaired) electrons. The largest absolute Gasteiger partial charge is 0.394 e. The van der Waals surface area contributed by atoms with Crippen LogP contribution in [-0.2, 0) is 66.3 Å². The fourth-order valence-corrected chi connectivity index (χ4v) is 10.5. The Labute approximate surface area is 448 Å². The lowest BCUT2D eigenvalue weighted by Crippen LogP contribution is -2.68. The van der Waals surface area contributed by atoms with E-state index in [0.717, 1.165) is 0 Å². The van der Waals surface area contributed by atoms with Gasteiger partial charge in [0.15, 0.2) is 37.7 Å². The van der Waals surface area contributed by atoms with Crippen LogP contribution in [0, 0.1) is 0 Å². The molecule has 0 saturated carbocycles. The molecule has 0 aromatic heterocycles. The molecule has 7 fully saturated rings. The van der Waals surface area contributed by atoms with Gasteiger partial charge in [0, 0.05) is 7.11 Å². The quantitative estimate of drug-likeness (QED) is 0.0538. The topological polar surface area (TPSA) is 554 Å². The Bertz CT molecular complexity index is 1820. The molecule has 0 aromatic carbocycles. The van der Waals surface area contributed by atoms with Crippen LogP contribution in [-0.4, -0.2) is 375 Å². The van der Waals surface area contributed by atoms with Crippen molar-refractivity contribution in [1.29, 1.82) is 0 Å². The molecule has 7 saturated heterocycles. The molecule has 7 rings (SSSR count). The van der Waals surface area contributed by atoms with Gasteiger partial charge in [0.05, 0.1) is 52.4 Å². The van der Waals surface area contributed by atoms with Crippen molar-refractivity contribution in [1.82, 2.24) is 0 Å². The summed E-state index contributed by atoms with van der Waals surface area (Å²) in [6.07, 6.45) is -63.2. The van der Waals surface area contributed by atoms with Gasteiger partial charge in [-0.05, 0) is 6.92 Å². The lowest BCUT2D eigenvalue weighted by Gasteiger charge is -2.50. The summed E-state index contributed by atoms with van der Waals surface area (Å²) < 4.78 is 78.2. The van der Waals surface area contributed by atoms with Crippen LogP contribution < -0.4 is 0 Å². The molecule has 35 atom stereocenters. The van der Waals surface area contributed by atoms with Gasteiger partial charge in [-0.3, -0.25) is 0 Å². The smallest absolute Gasteiger partial charge is 0.187 e. The zero-order valence-electron chi connectivity index (χ0n) is 42.3. The Morgan fingerprint density at radius 3 is 0.595 bits per heavy atom. The number of methoxy groups -OCH3 is 1. The molecule has 462 valence electrons. The molecular weight excluding hydrogens is 1090 g/mol. The first-order valence-corrected chi connectivity index (χ1v) is 25.4. The molecule has 0 aliphatic carbocycles. The molecule has 7 aliphatic heterocycles. The van der Waals surface area contributed by atoms with Crippen molar-refractivity contribution >= 4 is 0 Å². The third-order valence-corrected chi connectivity index (χ3v) is 15.0. The van der Waals surface area contributed by atoms with Crippen LogP contribution in [0.1, 0.15) is 6.92 Å². The third kappa shape index (κ3) is 13.4. The number of hydrogen-bond donors (Lipinski definition) is 21. The van der Waals surface area contributed by atoms with Gasteiger partial charge in [-0.15, -0.1) is 0 Å². The van der Waals surface area contributed by atoms with E-state index in [-0.39, 0.29) is 0 Å². The van der Waals surface area contributed by atoms with Crippen molar-refractivity contribution < 1.29 is 174 Å². The fourth-order valence-electron chi connectivity index (χ4n) is 10.5. The van der Waals surface area contributed by atoms with Crippen molar-refractivity contribution in [3.05, 3.63) is 0 Å². The SMILES string of the molecule is COC1C(CO)O[C@H](OC2C(CO)O[C@H](OC3C(CO)O[C@H](OC4C(CO)O[C@H](OC5C(CO)O[C@H](OC6C(CO)O[C@H](OC7C(CO)O[C@H](C)[C@H](O)C7O)[C@H](O)C6O)[C@H](O)C5O)[C@H](O)C4O)[C@H](O)C3O)[C@H](O)C2O)[C@H](O)C1O. The van der Waals surface area contributed by atoms with Crippen molar-refractivity contribution in [2.45, 2.75) is 222 Å². The van der Waals surface area contributed by atoms with E-state index in [1.807, 2.05) is 0 Å². The molecule has 0 bridgehead atoms. The van der Waals surface area contributed by atoms with E-state index in [0.29, 0.717) is 0 Å². The molecule has 35 nitrogen and oxygen atoms in total. The Balaban J connectivity index is 0.946. The van der Waals surface area contributed by atoms with Gasteiger partial charge < -0.3 is 174 Å². The highest BCUT2D eigenvalue weighted by atomic mass is 16.8. The minimum atomic E-state index is -2.21. The summed E-state index contributed by atoms with van der Waals surface area (Å²) in [5.41, 5.74) is 0. The summed E-state index contributed by atoms with van der Waals surface area (Å²) in [7, 11) is 1.18. The molecular formula is C44H76O35. The van der Waals surface area contributed by atoms with Crippen LogP contribution in [0.15, 0.2) is 0 Å². The highest BCUT2D eigenvalue weighted by Crippen LogP contribution is 2.38. The molecule has 0 spiro atoms. The maximum absolute atomic E-state index is 11.3. The maximum Gasteiger partial charge on any atom is 0.187 e. The van der Waals surface area contributed by atoms with Gasteiger partial charge in [-0.2, -0.15) is 0 Å². The summed E-state index contributed by atoms with van der Waals surface area (Å²) in [5.74, 6) is 0. The third-order valence-electron chi connectivity index (χ3n) is 15.0. The number of aliphatic hydroxyl groups excluding tert-OH is 21. The van der Waals surface area contributed by atoms with Gasteiger partial charge >= 0.3 is 0 Å². The van der Waals surface area contributed by atoms with E-state index in [9.17, 15) is 107 Å². The van der Waals surface area contributed by atoms with Gasteiger partial charge in [0.25, 0.3) is 0 Å². The summed E-state index contributed by atoms with van der Waals surface area (Å²) in [6, 6.07) is 0. The lowest BCUT2D eigenvalue weighted by molar-refractivity contribution is -0.397. The van der Waals surface area contributed by atoms with Gasteiger partial charge in [0.1, 0.15) is 171 Å². The Kier molecular flexibility index (Phi) is 23.3. The Morgan fingerprint density at radius 2 is 0.405 bits per heavy atom. The first-order chi connectivity index (χ1) is 37.5. The fraction of sp³-hybridized carbons (Fsp3) is 1.00. The normalized spacial score (nSPS) is 53.0. The molecule has 21 unspecified atom stereocenters. The van der Waals surface area contributed by atoms with Crippen LogP contribution >= 0.6 is 0 Å². The Hall–Kier alpha value is -1.40. The van der Waals surface area contributed by atoms with Gasteiger partial charge in [-0.1, -0.05) is 0 Å². The molecule has 7 aliphatic rings. The van der Waals surface area contributed by atoms with Crippen LogP contribution in [0.4, 0.5) is 0 Å². The first kappa shape index (κ1) is 65.1. The molecule has 79 heavy (non-hydrogen) atoms. The number of ether oxygens (including phenoxy) is 14. The minimum Gasteiger partial charge on any atom is -0.394 e. The summed E-state index contributed by atoms with van der Waals surface area (Å²) in [5, 5.41) is 225. The number of aliphatic hydroxyl groups is 21. The van der Waals surface area contributed by atoms with Crippen LogP contribution in [0.5, 0.6) is 0 Å². The second-order valence-electron chi connectivity index (χ2n) is 20.1. The standard InChI is InChI=1S/C44H76O35/c1-10-18(52)19(53)33(12(4-46)67-10)74-40-27(61)21(55)35(14(6-48)69-40)76-42-29(63)23(57)37(16(8-50)71-42)78-44-31(65)25(59)38(17(9-51)73-44)79-43-30(64)24(58)36(15(7-49)72-43)77-41-28(62)22(56)34(13(5-47)70-41)75-39-26(60)20(54)32(66-2)11(3-45)68-39/h10-65H,3-9H2,1-2H3/t10-,11?,12?,13?,14?,15?,16?,17?,18+,19?,20?,21?,22?,23?,24?,25?,26-,27-,28-,29-,30-,31-,32?,33?,34?,35?,36?,37?,38?,39-,40-,41-,42-,43-,44-/m1/s1. The van der Waals surface area contributed by atoms with Crippen molar-refractivity contribution in [2.75, 3.05) is 53.4 Å². The number of hydrogen-bond acceptors (Lipinski definition) is 35. The van der Waals surface area contributed by atoms with Crippen LogP contribution in [0.2, 0.25) is 0 Å². The van der Waals surface area contributed by atoms with Crippen LogP contribution in [0.25, 0.3) is 0 Å². The second kappa shape index (κ2) is 28.2. The highest BCUT2D eigenvalue weighted by molar-refractivity contribution is 5.01. The molecule has 21 N–H and O–H groups in total.